The number of hydrogen-bond donors (Lipinski definition) is 3. The van der Waals surface area contributed by atoms with Gasteiger partial charge in [0, 0.05) is 38.5 Å². The van der Waals surface area contributed by atoms with Crippen molar-refractivity contribution < 1.29 is 19.4 Å². The van der Waals surface area contributed by atoms with Gasteiger partial charge < -0.3 is 25.2 Å². The lowest BCUT2D eigenvalue weighted by atomic mass is 10.1. The number of nitrogens with one attached hydrogen (secondary N) is 2. The molecule has 1 fully saturated rings. The lowest BCUT2D eigenvalue weighted by Crippen LogP contribution is -2.30. The maximum absolute atomic E-state index is 13.1. The van der Waals surface area contributed by atoms with Crippen LogP contribution in [0.25, 0.3) is 11.0 Å². The zero-order valence-electron chi connectivity index (χ0n) is 17.7. The molecule has 0 spiro atoms. The number of rotatable bonds is 7. The van der Waals surface area contributed by atoms with Crippen LogP contribution < -0.4 is 15.4 Å². The molecule has 3 aromatic rings. The zero-order valence-corrected chi connectivity index (χ0v) is 17.7. The van der Waals surface area contributed by atoms with Gasteiger partial charge in [-0.2, -0.15) is 5.10 Å². The second-order valence-electron chi connectivity index (χ2n) is 7.46. The monoisotopic (exact) mass is 425 g/mol. The molecule has 31 heavy (non-hydrogen) atoms. The molecule has 0 radical (unpaired) electrons. The molecule has 9 heteroatoms. The van der Waals surface area contributed by atoms with Crippen molar-refractivity contribution in [2.45, 2.75) is 38.9 Å². The van der Waals surface area contributed by atoms with Gasteiger partial charge in [0.05, 0.1) is 29.9 Å². The first-order chi connectivity index (χ1) is 15.1. The molecule has 3 N–H and O–H groups in total. The molecule has 4 rings (SSSR count). The van der Waals surface area contributed by atoms with Crippen molar-refractivity contribution in [2.75, 3.05) is 25.6 Å². The smallest absolute Gasteiger partial charge is 0.255 e. The third-order valence-corrected chi connectivity index (χ3v) is 5.48. The van der Waals surface area contributed by atoms with E-state index in [0.29, 0.717) is 37.6 Å². The fourth-order valence-electron chi connectivity index (χ4n) is 3.74. The number of carbonyl (C=O) groups excluding carboxylic acids is 1. The Bertz CT molecular complexity index is 1080. The summed E-state index contributed by atoms with van der Waals surface area (Å²) in [6.07, 6.45) is 5.11. The summed E-state index contributed by atoms with van der Waals surface area (Å²) in [5.74, 6) is 0.187. The first-order valence-electron chi connectivity index (χ1n) is 10.4. The number of benzene rings is 1. The number of phenols is 1. The van der Waals surface area contributed by atoms with Gasteiger partial charge in [0.15, 0.2) is 17.1 Å². The average molecular weight is 425 g/mol. The third kappa shape index (κ3) is 4.41. The number of ether oxygens (including phenoxy) is 2. The fourth-order valence-corrected chi connectivity index (χ4v) is 3.74. The Labute approximate surface area is 180 Å². The summed E-state index contributed by atoms with van der Waals surface area (Å²) in [5.41, 5.74) is 2.78. The van der Waals surface area contributed by atoms with E-state index in [-0.39, 0.29) is 17.7 Å². The molecule has 164 valence electrons. The molecule has 0 aliphatic carbocycles. The number of anilines is 1. The van der Waals surface area contributed by atoms with Crippen molar-refractivity contribution in [2.24, 2.45) is 0 Å². The molecule has 1 amide bonds. The highest BCUT2D eigenvalue weighted by molar-refractivity contribution is 6.06. The fraction of sp³-hybridized carbons (Fsp3) is 0.409. The Kier molecular flexibility index (Phi) is 6.22. The van der Waals surface area contributed by atoms with Gasteiger partial charge in [0.1, 0.15) is 0 Å². The lowest BCUT2D eigenvalue weighted by molar-refractivity contribution is 0.0904. The number of amides is 1. The first-order valence-corrected chi connectivity index (χ1v) is 10.4. The molecule has 0 atom stereocenters. The van der Waals surface area contributed by atoms with Gasteiger partial charge >= 0.3 is 0 Å². The molecule has 3 heterocycles. The van der Waals surface area contributed by atoms with E-state index in [0.717, 1.165) is 35.1 Å². The number of aromatic nitrogens is 3. The number of hydrogen-bond acceptors (Lipinski definition) is 7. The van der Waals surface area contributed by atoms with Gasteiger partial charge in [-0.3, -0.25) is 4.79 Å². The van der Waals surface area contributed by atoms with Crippen LogP contribution in [0.15, 0.2) is 30.6 Å². The van der Waals surface area contributed by atoms with Crippen LogP contribution in [0.2, 0.25) is 0 Å². The Morgan fingerprint density at radius 1 is 1.32 bits per heavy atom. The first kappa shape index (κ1) is 20.9. The second kappa shape index (κ2) is 9.22. The van der Waals surface area contributed by atoms with E-state index in [1.54, 1.807) is 30.6 Å². The van der Waals surface area contributed by atoms with Crippen LogP contribution in [0.5, 0.6) is 11.5 Å². The molecule has 9 nitrogen and oxygen atoms in total. The molecular weight excluding hydrogens is 398 g/mol. The molecule has 1 saturated heterocycles. The minimum atomic E-state index is -0.236. The van der Waals surface area contributed by atoms with Crippen molar-refractivity contribution in [1.82, 2.24) is 20.1 Å². The minimum absolute atomic E-state index is 0.0584. The Balaban J connectivity index is 1.60. The van der Waals surface area contributed by atoms with Crippen LogP contribution in [0.1, 0.15) is 35.7 Å². The van der Waals surface area contributed by atoms with Crippen molar-refractivity contribution in [1.29, 1.82) is 0 Å². The van der Waals surface area contributed by atoms with E-state index in [2.05, 4.69) is 20.7 Å². The highest BCUT2D eigenvalue weighted by atomic mass is 16.5. The topological polar surface area (TPSA) is 111 Å². The summed E-state index contributed by atoms with van der Waals surface area (Å²) >= 11 is 0. The van der Waals surface area contributed by atoms with Crippen molar-refractivity contribution in [3.8, 4) is 11.5 Å². The normalized spacial score (nSPS) is 14.5. The van der Waals surface area contributed by atoms with Gasteiger partial charge in [-0.15, -0.1) is 0 Å². The van der Waals surface area contributed by atoms with Gasteiger partial charge in [0.2, 0.25) is 0 Å². The van der Waals surface area contributed by atoms with Crippen LogP contribution in [0, 0.1) is 0 Å². The Morgan fingerprint density at radius 2 is 2.13 bits per heavy atom. The number of pyridine rings is 1. The molecule has 1 aromatic carbocycles. The predicted octanol–water partition coefficient (Wildman–Crippen LogP) is 2.69. The number of carbonyl (C=O) groups is 1. The highest BCUT2D eigenvalue weighted by Crippen LogP contribution is 2.29. The molecule has 2 aromatic heterocycles. The lowest BCUT2D eigenvalue weighted by Gasteiger charge is -2.25. The van der Waals surface area contributed by atoms with Crippen LogP contribution in [-0.2, 0) is 17.8 Å². The summed E-state index contributed by atoms with van der Waals surface area (Å²) in [6.45, 7) is 4.39. The predicted molar refractivity (Wildman–Crippen MR) is 116 cm³/mol. The molecule has 1 aliphatic rings. The summed E-state index contributed by atoms with van der Waals surface area (Å²) in [7, 11) is 1.49. The Morgan fingerprint density at radius 3 is 2.87 bits per heavy atom. The summed E-state index contributed by atoms with van der Waals surface area (Å²) < 4.78 is 12.4. The zero-order chi connectivity index (χ0) is 21.8. The van der Waals surface area contributed by atoms with Gasteiger partial charge in [0.25, 0.3) is 5.91 Å². The standard InChI is InChI=1S/C22H27N5O4/c1-3-27-21-16(13-25-27)20(26-15-6-8-31-9-7-15)17(12-23-21)22(29)24-11-14-4-5-18(28)19(10-14)30-2/h4-5,10,12-13,15,28H,3,6-9,11H2,1-2H3,(H,23,26)(H,24,29). The average Bonchev–Trinajstić information content (AvgIpc) is 3.23. The van der Waals surface area contributed by atoms with E-state index in [1.165, 1.54) is 7.11 Å². The van der Waals surface area contributed by atoms with E-state index in [4.69, 9.17) is 9.47 Å². The van der Waals surface area contributed by atoms with E-state index < -0.39 is 0 Å². The maximum Gasteiger partial charge on any atom is 0.255 e. The van der Waals surface area contributed by atoms with Gasteiger partial charge in [-0.1, -0.05) is 6.07 Å². The van der Waals surface area contributed by atoms with Crippen LogP contribution in [0.3, 0.4) is 0 Å². The molecule has 0 saturated carbocycles. The summed E-state index contributed by atoms with van der Waals surface area (Å²) in [6, 6.07) is 5.21. The van der Waals surface area contributed by atoms with E-state index >= 15 is 0 Å². The molecule has 0 bridgehead atoms. The third-order valence-electron chi connectivity index (χ3n) is 5.48. The van der Waals surface area contributed by atoms with Crippen LogP contribution in [-0.4, -0.2) is 52.1 Å². The van der Waals surface area contributed by atoms with Gasteiger partial charge in [-0.05, 0) is 37.5 Å². The number of aryl methyl sites for hydroxylation is 1. The quantitative estimate of drug-likeness (QED) is 0.534. The highest BCUT2D eigenvalue weighted by Gasteiger charge is 2.22. The van der Waals surface area contributed by atoms with Crippen molar-refractivity contribution in [3.05, 3.63) is 41.7 Å². The van der Waals surface area contributed by atoms with Gasteiger partial charge in [-0.25, -0.2) is 9.67 Å². The SMILES string of the molecule is CCn1ncc2c(NC3CCOCC3)c(C(=O)NCc3ccc(O)c(OC)c3)cnc21. The van der Waals surface area contributed by atoms with Crippen LogP contribution >= 0.6 is 0 Å². The van der Waals surface area contributed by atoms with E-state index in [1.807, 2.05) is 11.6 Å². The minimum Gasteiger partial charge on any atom is -0.504 e. The van der Waals surface area contributed by atoms with Crippen LogP contribution in [0.4, 0.5) is 5.69 Å². The number of fused-ring (bicyclic) bond motifs is 1. The molecule has 0 unspecified atom stereocenters. The number of aromatic hydroxyl groups is 1. The van der Waals surface area contributed by atoms with Crippen molar-refractivity contribution in [3.63, 3.8) is 0 Å². The summed E-state index contributed by atoms with van der Waals surface area (Å²) in [5, 5.41) is 21.5. The summed E-state index contributed by atoms with van der Waals surface area (Å²) in [4.78, 5) is 17.6. The number of methoxy groups -OCH3 is 1. The Hall–Kier alpha value is -3.33. The van der Waals surface area contributed by atoms with E-state index in [9.17, 15) is 9.90 Å². The number of phenolic OH excluding ortho intramolecular Hbond substituents is 1. The second-order valence-corrected chi connectivity index (χ2v) is 7.46. The number of nitrogens with zero attached hydrogens (tertiary/aromatic N) is 3. The molecule has 1 aliphatic heterocycles. The molecular formula is C22H27N5O4. The largest absolute Gasteiger partial charge is 0.504 e. The maximum atomic E-state index is 13.1. The van der Waals surface area contributed by atoms with Crippen molar-refractivity contribution >= 4 is 22.6 Å².